The molecule has 2 aromatic rings. The first-order valence-corrected chi connectivity index (χ1v) is 31.6. The average Bonchev–Trinajstić information content (AvgIpc) is 3.45. The molecule has 0 aliphatic rings. The van der Waals surface area contributed by atoms with Crippen LogP contribution in [0.4, 0.5) is 0 Å². The summed E-state index contributed by atoms with van der Waals surface area (Å²) in [6.45, 7) is 15.9. The van der Waals surface area contributed by atoms with E-state index in [1.807, 2.05) is 0 Å². The molecule has 0 aliphatic carbocycles. The number of hydrazine groups is 2. The highest BCUT2D eigenvalue weighted by atomic mass is 16.5. The second kappa shape index (κ2) is 48.1. The van der Waals surface area contributed by atoms with Crippen LogP contribution in [-0.4, -0.2) is 63.3 Å². The first-order valence-electron chi connectivity index (χ1n) is 31.6. The number of benzene rings is 2. The minimum Gasteiger partial charge on any atom is -0.490 e. The molecular formula is C64H110N4O10. The molecule has 0 spiro atoms. The van der Waals surface area contributed by atoms with Gasteiger partial charge in [0.1, 0.15) is 0 Å². The Morgan fingerprint density at radius 1 is 0.269 bits per heavy atom. The normalized spacial score (nSPS) is 11.0. The highest BCUT2D eigenvalue weighted by molar-refractivity contribution is 6.35. The fourth-order valence-corrected chi connectivity index (χ4v) is 8.99. The largest absolute Gasteiger partial charge is 0.490 e. The summed E-state index contributed by atoms with van der Waals surface area (Å²) < 4.78 is 38.2. The lowest BCUT2D eigenvalue weighted by molar-refractivity contribution is -0.140. The van der Waals surface area contributed by atoms with E-state index in [0.717, 1.165) is 116 Å². The maximum Gasteiger partial charge on any atom is 0.329 e. The Morgan fingerprint density at radius 2 is 0.462 bits per heavy atom. The highest BCUT2D eigenvalue weighted by Gasteiger charge is 2.23. The second-order valence-corrected chi connectivity index (χ2v) is 21.1. The third-order valence-electron chi connectivity index (χ3n) is 13.9. The number of carbonyl (C=O) groups is 4. The summed E-state index contributed by atoms with van der Waals surface area (Å²) in [6.07, 6.45) is 39.5. The van der Waals surface area contributed by atoms with Gasteiger partial charge in [0.05, 0.1) is 39.6 Å². The standard InChI is InChI=1S/C64H110N4O10/c1-7-13-19-25-31-37-43-73-55-49-53(50-56(74-44-38-32-26-20-14-8-2)59(55)77-47-41-35-29-23-17-11-5)61(69)65-67-63(71)64(72)68-66-62(70)54-51-57(75-45-39-33-27-21-15-9-3)60(78-48-42-36-30-24-18-12-6)58(52-54)76-46-40-34-28-22-16-10-4/h49-52H,7-48H2,1-6H3,(H,65,69)(H,66,70)(H,67,71)(H,68,72). The topological polar surface area (TPSA) is 172 Å². The van der Waals surface area contributed by atoms with Gasteiger partial charge in [-0.25, -0.2) is 0 Å². The fourth-order valence-electron chi connectivity index (χ4n) is 8.99. The fraction of sp³-hybridized carbons (Fsp3) is 0.750. The van der Waals surface area contributed by atoms with Gasteiger partial charge in [-0.3, -0.25) is 40.9 Å². The smallest absolute Gasteiger partial charge is 0.329 e. The Hall–Kier alpha value is -4.88. The molecule has 4 amide bonds. The molecule has 0 fully saturated rings. The summed E-state index contributed by atoms with van der Waals surface area (Å²) in [7, 11) is 0. The van der Waals surface area contributed by atoms with E-state index in [2.05, 4.69) is 63.2 Å². The Kier molecular flexibility index (Phi) is 42.7. The van der Waals surface area contributed by atoms with Gasteiger partial charge in [-0.05, 0) is 62.8 Å². The number of hydrogen-bond acceptors (Lipinski definition) is 10. The highest BCUT2D eigenvalue weighted by Crippen LogP contribution is 2.41. The quantitative estimate of drug-likeness (QED) is 0.0284. The summed E-state index contributed by atoms with van der Waals surface area (Å²) in [4.78, 5) is 54.0. The van der Waals surface area contributed by atoms with Gasteiger partial charge in [0, 0.05) is 11.1 Å². The minimum atomic E-state index is -1.20. The lowest BCUT2D eigenvalue weighted by Crippen LogP contribution is -2.52. The molecule has 0 aliphatic heterocycles. The van der Waals surface area contributed by atoms with Crippen molar-refractivity contribution in [2.45, 2.75) is 273 Å². The Labute approximate surface area is 473 Å². The van der Waals surface area contributed by atoms with Crippen molar-refractivity contribution in [1.82, 2.24) is 21.7 Å². The molecule has 0 heterocycles. The maximum atomic E-state index is 13.8. The Morgan fingerprint density at radius 3 is 0.679 bits per heavy atom. The number of hydrogen-bond donors (Lipinski definition) is 4. The van der Waals surface area contributed by atoms with Crippen LogP contribution in [-0.2, 0) is 9.59 Å². The molecule has 14 nitrogen and oxygen atoms in total. The number of amides is 4. The van der Waals surface area contributed by atoms with E-state index in [1.54, 1.807) is 24.3 Å². The van der Waals surface area contributed by atoms with Crippen LogP contribution in [0.2, 0.25) is 0 Å². The van der Waals surface area contributed by atoms with E-state index in [0.29, 0.717) is 74.1 Å². The molecule has 0 aromatic heterocycles. The summed E-state index contributed by atoms with van der Waals surface area (Å²) >= 11 is 0. The van der Waals surface area contributed by atoms with E-state index in [9.17, 15) is 19.2 Å². The third-order valence-corrected chi connectivity index (χ3v) is 13.9. The number of rotatable bonds is 50. The van der Waals surface area contributed by atoms with Crippen molar-refractivity contribution in [2.75, 3.05) is 39.6 Å². The molecule has 2 aromatic carbocycles. The van der Waals surface area contributed by atoms with Crippen LogP contribution in [0.3, 0.4) is 0 Å². The molecule has 446 valence electrons. The molecular weight excluding hydrogens is 985 g/mol. The molecule has 0 bridgehead atoms. The summed E-state index contributed by atoms with van der Waals surface area (Å²) in [5.41, 5.74) is 9.41. The first kappa shape index (κ1) is 69.2. The van der Waals surface area contributed by atoms with Gasteiger partial charge in [0.15, 0.2) is 23.0 Å². The zero-order valence-electron chi connectivity index (χ0n) is 50.1. The molecule has 4 N–H and O–H groups in total. The van der Waals surface area contributed by atoms with Gasteiger partial charge in [-0.1, -0.05) is 234 Å². The van der Waals surface area contributed by atoms with Crippen molar-refractivity contribution in [2.24, 2.45) is 0 Å². The first-order chi connectivity index (χ1) is 38.2. The van der Waals surface area contributed by atoms with Gasteiger partial charge in [-0.15, -0.1) is 0 Å². The molecule has 14 heteroatoms. The van der Waals surface area contributed by atoms with Gasteiger partial charge in [0.25, 0.3) is 11.8 Å². The van der Waals surface area contributed by atoms with Crippen LogP contribution in [0.1, 0.15) is 293 Å². The van der Waals surface area contributed by atoms with Gasteiger partial charge in [-0.2, -0.15) is 0 Å². The van der Waals surface area contributed by atoms with E-state index in [1.165, 1.54) is 116 Å². The third kappa shape index (κ3) is 32.9. The van der Waals surface area contributed by atoms with Gasteiger partial charge < -0.3 is 28.4 Å². The van der Waals surface area contributed by atoms with Crippen LogP contribution >= 0.6 is 0 Å². The van der Waals surface area contributed by atoms with E-state index < -0.39 is 23.6 Å². The predicted octanol–water partition coefficient (Wildman–Crippen LogP) is 16.3. The van der Waals surface area contributed by atoms with Crippen LogP contribution in [0.25, 0.3) is 0 Å². The number of ether oxygens (including phenoxy) is 6. The zero-order valence-corrected chi connectivity index (χ0v) is 50.1. The molecule has 0 saturated carbocycles. The van der Waals surface area contributed by atoms with E-state index in [4.69, 9.17) is 28.4 Å². The second-order valence-electron chi connectivity index (χ2n) is 21.1. The lowest BCUT2D eigenvalue weighted by atomic mass is 10.1. The monoisotopic (exact) mass is 1090 g/mol. The van der Waals surface area contributed by atoms with Crippen LogP contribution < -0.4 is 50.1 Å². The molecule has 2 rings (SSSR count). The van der Waals surface area contributed by atoms with Crippen LogP contribution in [0.15, 0.2) is 24.3 Å². The van der Waals surface area contributed by atoms with Crippen molar-refractivity contribution in [3.8, 4) is 34.5 Å². The summed E-state index contributed by atoms with van der Waals surface area (Å²) in [5, 5.41) is 0. The molecule has 0 saturated heterocycles. The Bertz CT molecular complexity index is 1650. The minimum absolute atomic E-state index is 0.148. The predicted molar refractivity (Wildman–Crippen MR) is 317 cm³/mol. The number of nitrogens with one attached hydrogen (secondary N) is 4. The lowest BCUT2D eigenvalue weighted by Gasteiger charge is -2.19. The van der Waals surface area contributed by atoms with Crippen LogP contribution in [0, 0.1) is 0 Å². The zero-order chi connectivity index (χ0) is 56.5. The van der Waals surface area contributed by atoms with E-state index in [-0.39, 0.29) is 11.1 Å². The van der Waals surface area contributed by atoms with Gasteiger partial charge in [0.2, 0.25) is 11.5 Å². The van der Waals surface area contributed by atoms with Crippen molar-refractivity contribution < 1.29 is 47.6 Å². The molecule has 0 radical (unpaired) electrons. The van der Waals surface area contributed by atoms with E-state index >= 15 is 0 Å². The molecule has 0 atom stereocenters. The number of carbonyl (C=O) groups excluding carboxylic acids is 4. The van der Waals surface area contributed by atoms with Crippen molar-refractivity contribution in [1.29, 1.82) is 0 Å². The average molecular weight is 1100 g/mol. The van der Waals surface area contributed by atoms with Crippen LogP contribution in [0.5, 0.6) is 34.5 Å². The maximum absolute atomic E-state index is 13.8. The van der Waals surface area contributed by atoms with Crippen molar-refractivity contribution >= 4 is 23.6 Å². The van der Waals surface area contributed by atoms with Crippen molar-refractivity contribution in [3.05, 3.63) is 35.4 Å². The summed E-state index contributed by atoms with van der Waals surface area (Å²) in [5.74, 6) is -1.34. The summed E-state index contributed by atoms with van der Waals surface area (Å²) in [6, 6.07) is 6.37. The molecule has 0 unspecified atom stereocenters. The van der Waals surface area contributed by atoms with Gasteiger partial charge >= 0.3 is 11.8 Å². The SMILES string of the molecule is CCCCCCCCOc1cc(C(=O)NNC(=O)C(=O)NNC(=O)c2cc(OCCCCCCCC)c(OCCCCCCCC)c(OCCCCCCCC)c2)cc(OCCCCCCCC)c1OCCCCCCCC. The van der Waals surface area contributed by atoms with Crippen molar-refractivity contribution in [3.63, 3.8) is 0 Å². The number of unbranched alkanes of at least 4 members (excludes halogenated alkanes) is 30. The molecule has 78 heavy (non-hydrogen) atoms. The Balaban J connectivity index is 2.29.